The molecule has 31 heavy (non-hydrogen) atoms. The second-order valence-electron chi connectivity index (χ2n) is 8.31. The smallest absolute Gasteiger partial charge is 0.234 e. The first kappa shape index (κ1) is 23.0. The van der Waals surface area contributed by atoms with Gasteiger partial charge < -0.3 is 10.6 Å². The van der Waals surface area contributed by atoms with Crippen molar-refractivity contribution in [3.8, 4) is 0 Å². The van der Waals surface area contributed by atoms with Crippen LogP contribution in [-0.4, -0.2) is 60.9 Å². The van der Waals surface area contributed by atoms with Gasteiger partial charge in [0.2, 0.25) is 11.8 Å². The van der Waals surface area contributed by atoms with Crippen LogP contribution in [0.15, 0.2) is 60.7 Å². The number of amides is 2. The highest BCUT2D eigenvalue weighted by molar-refractivity contribution is 5.79. The van der Waals surface area contributed by atoms with Crippen LogP contribution >= 0.6 is 0 Å². The normalized spacial score (nSPS) is 17.4. The molecule has 2 aromatic rings. The predicted octanol–water partition coefficient (Wildman–Crippen LogP) is 2.75. The molecule has 1 heterocycles. The molecule has 2 N–H and O–H groups in total. The van der Waals surface area contributed by atoms with Crippen LogP contribution in [0.2, 0.25) is 0 Å². The van der Waals surface area contributed by atoms with Crippen molar-refractivity contribution in [2.24, 2.45) is 0 Å². The third-order valence-corrected chi connectivity index (χ3v) is 5.77. The molecule has 0 aliphatic carbocycles. The second-order valence-corrected chi connectivity index (χ2v) is 8.31. The average molecular weight is 423 g/mol. The fraction of sp³-hybridized carbons (Fsp3) is 0.440. The summed E-state index contributed by atoms with van der Waals surface area (Å²) in [4.78, 5) is 29.3. The first-order chi connectivity index (χ1) is 15.0. The van der Waals surface area contributed by atoms with Crippen molar-refractivity contribution in [2.45, 2.75) is 32.4 Å². The molecule has 1 fully saturated rings. The van der Waals surface area contributed by atoms with Crippen LogP contribution in [0.5, 0.6) is 0 Å². The minimum absolute atomic E-state index is 0.00697. The Hall–Kier alpha value is -2.70. The summed E-state index contributed by atoms with van der Waals surface area (Å²) < 4.78 is 0. The van der Waals surface area contributed by atoms with Crippen molar-refractivity contribution in [1.29, 1.82) is 0 Å². The fourth-order valence-electron chi connectivity index (χ4n) is 3.97. The Bertz CT molecular complexity index is 758. The van der Waals surface area contributed by atoms with E-state index in [9.17, 15) is 9.59 Å². The Labute approximate surface area is 185 Å². The zero-order chi connectivity index (χ0) is 22.1. The van der Waals surface area contributed by atoms with Crippen LogP contribution in [0.25, 0.3) is 0 Å². The molecule has 0 aromatic heterocycles. The van der Waals surface area contributed by atoms with Crippen LogP contribution in [0.3, 0.4) is 0 Å². The highest BCUT2D eigenvalue weighted by Crippen LogP contribution is 2.12. The molecule has 1 aliphatic heterocycles. The Morgan fingerprint density at radius 3 is 1.48 bits per heavy atom. The number of carbonyl (C=O) groups excluding carboxylic acids is 2. The summed E-state index contributed by atoms with van der Waals surface area (Å²) in [7, 11) is 0. The molecule has 0 bridgehead atoms. The van der Waals surface area contributed by atoms with E-state index in [4.69, 9.17) is 0 Å². The van der Waals surface area contributed by atoms with Crippen LogP contribution in [-0.2, 0) is 9.59 Å². The zero-order valence-electron chi connectivity index (χ0n) is 18.6. The van der Waals surface area contributed by atoms with Gasteiger partial charge in [0.15, 0.2) is 0 Å². The quantitative estimate of drug-likeness (QED) is 0.687. The topological polar surface area (TPSA) is 64.7 Å². The number of nitrogens with zero attached hydrogens (tertiary/aromatic N) is 2. The molecule has 2 amide bonds. The number of rotatable bonds is 8. The molecular weight excluding hydrogens is 388 g/mol. The lowest BCUT2D eigenvalue weighted by atomic mass is 10.1. The molecule has 2 unspecified atom stereocenters. The summed E-state index contributed by atoms with van der Waals surface area (Å²) in [5.41, 5.74) is 2.21. The van der Waals surface area contributed by atoms with Gasteiger partial charge in [-0.2, -0.15) is 0 Å². The molecule has 6 heteroatoms. The van der Waals surface area contributed by atoms with Crippen LogP contribution in [0, 0.1) is 0 Å². The molecule has 0 radical (unpaired) electrons. The molecule has 0 saturated carbocycles. The maximum absolute atomic E-state index is 12.5. The van der Waals surface area contributed by atoms with Gasteiger partial charge in [-0.25, -0.2) is 0 Å². The van der Waals surface area contributed by atoms with E-state index in [0.717, 1.165) is 43.7 Å². The van der Waals surface area contributed by atoms with Crippen molar-refractivity contribution >= 4 is 11.8 Å². The Morgan fingerprint density at radius 1 is 0.710 bits per heavy atom. The number of nitrogens with one attached hydrogen (secondary N) is 2. The molecule has 2 aromatic carbocycles. The van der Waals surface area contributed by atoms with Crippen molar-refractivity contribution in [3.63, 3.8) is 0 Å². The molecule has 1 aliphatic rings. The number of hydrogen-bond donors (Lipinski definition) is 2. The molecule has 6 nitrogen and oxygen atoms in total. The van der Waals surface area contributed by atoms with Gasteiger partial charge in [-0.3, -0.25) is 19.4 Å². The summed E-state index contributed by atoms with van der Waals surface area (Å²) >= 11 is 0. The van der Waals surface area contributed by atoms with E-state index >= 15 is 0 Å². The molecule has 0 spiro atoms. The van der Waals surface area contributed by atoms with Gasteiger partial charge in [-0.05, 0) is 44.5 Å². The molecule has 2 atom stereocenters. The Kier molecular flexibility index (Phi) is 8.62. The fourth-order valence-corrected chi connectivity index (χ4v) is 3.97. The summed E-state index contributed by atoms with van der Waals surface area (Å²) in [5, 5.41) is 6.17. The van der Waals surface area contributed by atoms with Gasteiger partial charge in [-0.15, -0.1) is 0 Å². The lowest BCUT2D eigenvalue weighted by Gasteiger charge is -2.23. The highest BCUT2D eigenvalue weighted by atomic mass is 16.2. The first-order valence-corrected chi connectivity index (χ1v) is 11.1. The SMILES string of the molecule is CC(NC(=O)CN1CCCN(CC(=O)NC(C)c2ccccc2)CC1)c1ccccc1. The average Bonchev–Trinajstić information content (AvgIpc) is 2.99. The summed E-state index contributed by atoms with van der Waals surface area (Å²) in [5.74, 6) is 0.0819. The van der Waals surface area contributed by atoms with Crippen LogP contribution < -0.4 is 10.6 Å². The van der Waals surface area contributed by atoms with E-state index in [-0.39, 0.29) is 23.9 Å². The Morgan fingerprint density at radius 2 is 1.10 bits per heavy atom. The van der Waals surface area contributed by atoms with E-state index in [1.807, 2.05) is 74.5 Å². The monoisotopic (exact) mass is 422 g/mol. The first-order valence-electron chi connectivity index (χ1n) is 11.1. The number of benzene rings is 2. The van der Waals surface area contributed by atoms with Gasteiger partial charge in [0.1, 0.15) is 0 Å². The summed E-state index contributed by atoms with van der Waals surface area (Å²) in [6.07, 6.45) is 0.947. The molecule has 1 saturated heterocycles. The molecular formula is C25H34N4O2. The largest absolute Gasteiger partial charge is 0.348 e. The predicted molar refractivity (Wildman–Crippen MR) is 123 cm³/mol. The van der Waals surface area contributed by atoms with Crippen molar-refractivity contribution in [1.82, 2.24) is 20.4 Å². The van der Waals surface area contributed by atoms with Crippen molar-refractivity contribution in [2.75, 3.05) is 39.3 Å². The summed E-state index contributed by atoms with van der Waals surface area (Å²) in [6.45, 7) is 8.10. The van der Waals surface area contributed by atoms with E-state index in [1.165, 1.54) is 0 Å². The van der Waals surface area contributed by atoms with E-state index in [1.54, 1.807) is 0 Å². The second kappa shape index (κ2) is 11.6. The zero-order valence-corrected chi connectivity index (χ0v) is 18.6. The number of hydrogen-bond acceptors (Lipinski definition) is 4. The highest BCUT2D eigenvalue weighted by Gasteiger charge is 2.20. The maximum Gasteiger partial charge on any atom is 0.234 e. The van der Waals surface area contributed by atoms with E-state index in [2.05, 4.69) is 20.4 Å². The minimum atomic E-state index is -0.00697. The van der Waals surface area contributed by atoms with Crippen molar-refractivity contribution < 1.29 is 9.59 Å². The van der Waals surface area contributed by atoms with Gasteiger partial charge in [0.25, 0.3) is 0 Å². The van der Waals surface area contributed by atoms with Gasteiger partial charge >= 0.3 is 0 Å². The molecule has 3 rings (SSSR count). The standard InChI is InChI=1S/C25H34N4O2/c1-20(22-10-5-3-6-11-22)26-24(30)18-28-14-9-15-29(17-16-28)19-25(31)27-21(2)23-12-7-4-8-13-23/h3-8,10-13,20-21H,9,14-19H2,1-2H3,(H,26,30)(H,27,31). The number of carbonyl (C=O) groups is 2. The van der Waals surface area contributed by atoms with Gasteiger partial charge in [0.05, 0.1) is 25.2 Å². The van der Waals surface area contributed by atoms with Gasteiger partial charge in [-0.1, -0.05) is 60.7 Å². The molecule has 166 valence electrons. The van der Waals surface area contributed by atoms with Crippen LogP contribution in [0.1, 0.15) is 43.5 Å². The third-order valence-electron chi connectivity index (χ3n) is 5.77. The minimum Gasteiger partial charge on any atom is -0.348 e. The lowest BCUT2D eigenvalue weighted by molar-refractivity contribution is -0.124. The van der Waals surface area contributed by atoms with Crippen LogP contribution in [0.4, 0.5) is 0 Å². The maximum atomic E-state index is 12.5. The van der Waals surface area contributed by atoms with E-state index in [0.29, 0.717) is 13.1 Å². The van der Waals surface area contributed by atoms with Gasteiger partial charge in [0, 0.05) is 13.1 Å². The Balaban J connectivity index is 1.40. The van der Waals surface area contributed by atoms with Crippen molar-refractivity contribution in [3.05, 3.63) is 71.8 Å². The summed E-state index contributed by atoms with van der Waals surface area (Å²) in [6, 6.07) is 20.0. The lowest BCUT2D eigenvalue weighted by Crippen LogP contribution is -2.42. The van der Waals surface area contributed by atoms with E-state index < -0.39 is 0 Å². The third kappa shape index (κ3) is 7.49.